The Labute approximate surface area is 180 Å². The third kappa shape index (κ3) is 3.50. The van der Waals surface area contributed by atoms with E-state index in [0.29, 0.717) is 18.0 Å². The number of sulfonamides is 1. The molecule has 0 unspecified atom stereocenters. The quantitative estimate of drug-likeness (QED) is 0.735. The number of benzene rings is 1. The Morgan fingerprint density at radius 1 is 0.800 bits per heavy atom. The molecule has 0 spiro atoms. The first-order valence-corrected chi connectivity index (χ1v) is 12.7. The molecular weight excluding hydrogens is 396 g/mol. The molecule has 2 aliphatic heterocycles. The Hall–Kier alpha value is -1.73. The third-order valence-corrected chi connectivity index (χ3v) is 9.56. The molecule has 0 N–H and O–H groups in total. The molecule has 7 heteroatoms. The van der Waals surface area contributed by atoms with E-state index in [-0.39, 0.29) is 5.92 Å². The van der Waals surface area contributed by atoms with E-state index in [2.05, 4.69) is 21.7 Å². The zero-order valence-electron chi connectivity index (χ0n) is 19.0. The van der Waals surface area contributed by atoms with E-state index in [1.54, 1.807) is 4.31 Å². The maximum atomic E-state index is 13.8. The van der Waals surface area contributed by atoms with Gasteiger partial charge in [-0.3, -0.25) is 0 Å². The van der Waals surface area contributed by atoms with Crippen LogP contribution in [0.3, 0.4) is 0 Å². The van der Waals surface area contributed by atoms with Crippen LogP contribution >= 0.6 is 0 Å². The molecule has 6 nitrogen and oxygen atoms in total. The highest BCUT2D eigenvalue weighted by atomic mass is 32.2. The normalized spacial score (nSPS) is 20.8. The van der Waals surface area contributed by atoms with Crippen LogP contribution in [0.5, 0.6) is 0 Å². The van der Waals surface area contributed by atoms with Gasteiger partial charge in [-0.25, -0.2) is 8.42 Å². The van der Waals surface area contributed by atoms with E-state index in [0.717, 1.165) is 72.6 Å². The number of rotatable bonds is 3. The lowest BCUT2D eigenvalue weighted by Gasteiger charge is -2.33. The minimum atomic E-state index is -3.56. The molecule has 0 amide bonds. The van der Waals surface area contributed by atoms with Gasteiger partial charge in [0.1, 0.15) is 11.6 Å². The van der Waals surface area contributed by atoms with Crippen molar-refractivity contribution in [2.75, 3.05) is 13.1 Å². The average molecular weight is 431 g/mol. The number of hydrogen-bond donors (Lipinski definition) is 0. The van der Waals surface area contributed by atoms with Crippen LogP contribution in [0.25, 0.3) is 0 Å². The van der Waals surface area contributed by atoms with Crippen molar-refractivity contribution in [2.24, 2.45) is 0 Å². The van der Waals surface area contributed by atoms with E-state index in [1.807, 2.05) is 27.7 Å². The van der Waals surface area contributed by atoms with Gasteiger partial charge in [-0.05, 0) is 88.1 Å². The van der Waals surface area contributed by atoms with Crippen molar-refractivity contribution in [3.05, 3.63) is 39.5 Å². The number of piperidine rings is 1. The minimum absolute atomic E-state index is 0.112. The predicted molar refractivity (Wildman–Crippen MR) is 118 cm³/mol. The van der Waals surface area contributed by atoms with Gasteiger partial charge >= 0.3 is 0 Å². The second-order valence-electron chi connectivity index (χ2n) is 9.09. The summed E-state index contributed by atoms with van der Waals surface area (Å²) in [6, 6.07) is 0. The van der Waals surface area contributed by atoms with Gasteiger partial charge in [-0.15, -0.1) is 10.2 Å². The predicted octanol–water partition coefficient (Wildman–Crippen LogP) is 4.11. The molecule has 1 fully saturated rings. The van der Waals surface area contributed by atoms with Crippen LogP contribution in [0.4, 0.5) is 0 Å². The molecule has 0 saturated carbocycles. The second kappa shape index (κ2) is 8.08. The fraction of sp³-hybridized carbons (Fsp3) is 0.652. The first-order valence-electron chi connectivity index (χ1n) is 11.2. The van der Waals surface area contributed by atoms with Crippen molar-refractivity contribution in [3.8, 4) is 0 Å². The largest absolute Gasteiger partial charge is 0.315 e. The maximum absolute atomic E-state index is 13.8. The maximum Gasteiger partial charge on any atom is 0.243 e. The van der Waals surface area contributed by atoms with Crippen molar-refractivity contribution in [3.63, 3.8) is 0 Å². The van der Waals surface area contributed by atoms with Crippen LogP contribution in [0.15, 0.2) is 4.90 Å². The van der Waals surface area contributed by atoms with Gasteiger partial charge in [-0.1, -0.05) is 6.42 Å². The fourth-order valence-electron chi connectivity index (χ4n) is 5.16. The number of fused-ring (bicyclic) bond motifs is 1. The van der Waals surface area contributed by atoms with E-state index in [1.165, 1.54) is 12.0 Å². The molecule has 0 aliphatic carbocycles. The molecule has 2 aromatic rings. The number of aryl methyl sites for hydroxylation is 1. The molecule has 0 bridgehead atoms. The average Bonchev–Trinajstić information content (AvgIpc) is 2.99. The summed E-state index contributed by atoms with van der Waals surface area (Å²) in [4.78, 5) is 0.504. The Morgan fingerprint density at radius 2 is 1.47 bits per heavy atom. The molecule has 1 saturated heterocycles. The van der Waals surface area contributed by atoms with Gasteiger partial charge in [0.2, 0.25) is 10.0 Å². The van der Waals surface area contributed by atoms with E-state index in [9.17, 15) is 8.42 Å². The van der Waals surface area contributed by atoms with Gasteiger partial charge in [0.05, 0.1) is 4.90 Å². The number of hydrogen-bond acceptors (Lipinski definition) is 4. The van der Waals surface area contributed by atoms with Crippen molar-refractivity contribution in [2.45, 2.75) is 90.5 Å². The van der Waals surface area contributed by atoms with Gasteiger partial charge < -0.3 is 4.57 Å². The van der Waals surface area contributed by atoms with Crippen LogP contribution in [0.2, 0.25) is 0 Å². The van der Waals surface area contributed by atoms with Crippen LogP contribution in [-0.4, -0.2) is 40.6 Å². The van der Waals surface area contributed by atoms with Crippen LogP contribution in [0.1, 0.15) is 77.5 Å². The molecule has 2 aliphatic rings. The highest BCUT2D eigenvalue weighted by Crippen LogP contribution is 2.35. The highest BCUT2D eigenvalue weighted by molar-refractivity contribution is 7.89. The van der Waals surface area contributed by atoms with Crippen molar-refractivity contribution in [1.82, 2.24) is 19.1 Å². The molecule has 1 aromatic heterocycles. The molecule has 3 heterocycles. The summed E-state index contributed by atoms with van der Waals surface area (Å²) >= 11 is 0. The lowest BCUT2D eigenvalue weighted by Crippen LogP contribution is -2.40. The van der Waals surface area contributed by atoms with Crippen molar-refractivity contribution in [1.29, 1.82) is 0 Å². The highest BCUT2D eigenvalue weighted by Gasteiger charge is 2.36. The van der Waals surface area contributed by atoms with Crippen LogP contribution in [-0.2, 0) is 23.0 Å². The molecule has 30 heavy (non-hydrogen) atoms. The number of nitrogens with zero attached hydrogens (tertiary/aromatic N) is 4. The Bertz CT molecular complexity index is 1040. The molecular formula is C23H34N4O2S. The monoisotopic (exact) mass is 430 g/mol. The first-order chi connectivity index (χ1) is 14.2. The lowest BCUT2D eigenvalue weighted by atomic mass is 9.95. The summed E-state index contributed by atoms with van der Waals surface area (Å²) in [5.41, 5.74) is 5.11. The molecule has 1 aromatic carbocycles. The van der Waals surface area contributed by atoms with E-state index >= 15 is 0 Å². The fourth-order valence-corrected chi connectivity index (χ4v) is 7.25. The summed E-state index contributed by atoms with van der Waals surface area (Å²) in [5.74, 6) is 2.16. The SMILES string of the molecule is Cc1c(C)c(C)c(S(=O)(=O)N2CCC[C@H](c3nnc4n3CCCCC4)C2)c(C)c1C. The van der Waals surface area contributed by atoms with Crippen molar-refractivity contribution < 1.29 is 8.42 Å². The molecule has 0 radical (unpaired) electrons. The lowest BCUT2D eigenvalue weighted by molar-refractivity contribution is 0.303. The summed E-state index contributed by atoms with van der Waals surface area (Å²) in [5, 5.41) is 8.96. The summed E-state index contributed by atoms with van der Waals surface area (Å²) in [6.45, 7) is 12.0. The first kappa shape index (κ1) is 21.5. The zero-order valence-corrected chi connectivity index (χ0v) is 19.8. The third-order valence-electron chi connectivity index (χ3n) is 7.42. The van der Waals surface area contributed by atoms with Crippen LogP contribution < -0.4 is 0 Å². The van der Waals surface area contributed by atoms with E-state index < -0.39 is 10.0 Å². The minimum Gasteiger partial charge on any atom is -0.315 e. The van der Waals surface area contributed by atoms with Gasteiger partial charge in [0.15, 0.2) is 0 Å². The topological polar surface area (TPSA) is 68.1 Å². The van der Waals surface area contributed by atoms with Gasteiger partial charge in [-0.2, -0.15) is 4.31 Å². The smallest absolute Gasteiger partial charge is 0.243 e. The van der Waals surface area contributed by atoms with Gasteiger partial charge in [0, 0.05) is 32.0 Å². The number of aromatic nitrogens is 3. The molecule has 164 valence electrons. The molecule has 1 atom stereocenters. The summed E-state index contributed by atoms with van der Waals surface area (Å²) in [6.07, 6.45) is 6.32. The van der Waals surface area contributed by atoms with Crippen LogP contribution in [0, 0.1) is 34.6 Å². The second-order valence-corrected chi connectivity index (χ2v) is 11.0. The Kier molecular flexibility index (Phi) is 5.79. The summed E-state index contributed by atoms with van der Waals surface area (Å²) in [7, 11) is -3.56. The van der Waals surface area contributed by atoms with Crippen molar-refractivity contribution >= 4 is 10.0 Å². The Balaban J connectivity index is 1.68. The molecule has 4 rings (SSSR count). The summed E-state index contributed by atoms with van der Waals surface area (Å²) < 4.78 is 31.5. The van der Waals surface area contributed by atoms with Gasteiger partial charge in [0.25, 0.3) is 0 Å². The zero-order chi connectivity index (χ0) is 21.6. The standard InChI is InChI=1S/C23H34N4O2S/c1-15-16(2)18(4)22(19(5)17(15)3)30(28,29)26-12-9-10-20(14-26)23-25-24-21-11-7-6-8-13-27(21)23/h20H,6-14H2,1-5H3/t20-/m0/s1. The van der Waals surface area contributed by atoms with E-state index in [4.69, 9.17) is 0 Å². The Morgan fingerprint density at radius 3 is 2.17 bits per heavy atom.